The van der Waals surface area contributed by atoms with Crippen molar-refractivity contribution in [2.24, 2.45) is 5.92 Å². The number of amides is 1. The van der Waals surface area contributed by atoms with Gasteiger partial charge in [0, 0.05) is 25.0 Å². The van der Waals surface area contributed by atoms with Gasteiger partial charge in [-0.1, -0.05) is 0 Å². The first-order chi connectivity index (χ1) is 6.31. The molecule has 3 heteroatoms. The molecule has 13 heavy (non-hydrogen) atoms. The maximum atomic E-state index is 11.7. The predicted octanol–water partition coefficient (Wildman–Crippen LogP) is 0.607. The number of likely N-dealkylation sites (tertiary alicyclic amines) is 1. The van der Waals surface area contributed by atoms with E-state index in [1.807, 2.05) is 11.9 Å². The lowest BCUT2D eigenvalue weighted by Gasteiger charge is -2.32. The lowest BCUT2D eigenvalue weighted by atomic mass is 10.1. The minimum Gasteiger partial charge on any atom is -0.341 e. The molecule has 0 spiro atoms. The van der Waals surface area contributed by atoms with E-state index >= 15 is 0 Å². The van der Waals surface area contributed by atoms with Crippen LogP contribution >= 0.6 is 0 Å². The van der Waals surface area contributed by atoms with E-state index in [0.29, 0.717) is 17.9 Å². The SMILES string of the molecule is CN[C@H]1CCCN(C(=O)C2CC2)C1. The Hall–Kier alpha value is -0.570. The van der Waals surface area contributed by atoms with Gasteiger partial charge in [0.15, 0.2) is 0 Å². The van der Waals surface area contributed by atoms with Gasteiger partial charge in [-0.15, -0.1) is 0 Å². The van der Waals surface area contributed by atoms with Gasteiger partial charge in [0.1, 0.15) is 0 Å². The highest BCUT2D eigenvalue weighted by atomic mass is 16.2. The first kappa shape index (κ1) is 9.00. The maximum absolute atomic E-state index is 11.7. The van der Waals surface area contributed by atoms with E-state index in [2.05, 4.69) is 5.32 Å². The van der Waals surface area contributed by atoms with Crippen LogP contribution in [0.2, 0.25) is 0 Å². The number of nitrogens with zero attached hydrogens (tertiary/aromatic N) is 1. The molecular weight excluding hydrogens is 164 g/mol. The van der Waals surface area contributed by atoms with Crippen molar-refractivity contribution < 1.29 is 4.79 Å². The number of likely N-dealkylation sites (N-methyl/N-ethyl adjacent to an activating group) is 1. The fourth-order valence-corrected chi connectivity index (χ4v) is 2.00. The third-order valence-corrected chi connectivity index (χ3v) is 3.07. The number of hydrogen-bond acceptors (Lipinski definition) is 2. The van der Waals surface area contributed by atoms with Crippen LogP contribution in [-0.4, -0.2) is 37.0 Å². The largest absolute Gasteiger partial charge is 0.341 e. The van der Waals surface area contributed by atoms with Crippen LogP contribution in [0.25, 0.3) is 0 Å². The zero-order valence-electron chi connectivity index (χ0n) is 8.25. The van der Waals surface area contributed by atoms with Gasteiger partial charge in [0.25, 0.3) is 0 Å². The Kier molecular flexibility index (Phi) is 2.54. The van der Waals surface area contributed by atoms with Crippen LogP contribution in [0.3, 0.4) is 0 Å². The molecule has 0 unspecified atom stereocenters. The molecule has 2 aliphatic rings. The summed E-state index contributed by atoms with van der Waals surface area (Å²) in [6.45, 7) is 1.90. The zero-order chi connectivity index (χ0) is 9.26. The van der Waals surface area contributed by atoms with Crippen LogP contribution < -0.4 is 5.32 Å². The average Bonchev–Trinajstić information content (AvgIpc) is 3.00. The van der Waals surface area contributed by atoms with Crippen molar-refractivity contribution >= 4 is 5.91 Å². The van der Waals surface area contributed by atoms with Crippen LogP contribution in [0, 0.1) is 5.92 Å². The molecule has 0 aromatic rings. The summed E-state index contributed by atoms with van der Waals surface area (Å²) in [7, 11) is 1.98. The average molecular weight is 182 g/mol. The Bertz CT molecular complexity index is 201. The standard InChI is InChI=1S/C10H18N2O/c1-11-9-3-2-6-12(7-9)10(13)8-4-5-8/h8-9,11H,2-7H2,1H3/t9-/m0/s1. The molecule has 0 radical (unpaired) electrons. The van der Waals surface area contributed by atoms with Crippen LogP contribution in [0.5, 0.6) is 0 Å². The second-order valence-corrected chi connectivity index (χ2v) is 4.19. The Labute approximate surface area is 79.5 Å². The van der Waals surface area contributed by atoms with E-state index in [1.165, 1.54) is 6.42 Å². The minimum absolute atomic E-state index is 0.385. The fourth-order valence-electron chi connectivity index (χ4n) is 2.00. The van der Waals surface area contributed by atoms with Crippen molar-refractivity contribution in [1.29, 1.82) is 0 Å². The van der Waals surface area contributed by atoms with Gasteiger partial charge >= 0.3 is 0 Å². The van der Waals surface area contributed by atoms with Gasteiger partial charge in [0.05, 0.1) is 0 Å². The summed E-state index contributed by atoms with van der Waals surface area (Å²) in [5.41, 5.74) is 0. The summed E-state index contributed by atoms with van der Waals surface area (Å²) in [6.07, 6.45) is 4.62. The second kappa shape index (κ2) is 3.66. The van der Waals surface area contributed by atoms with E-state index in [9.17, 15) is 4.79 Å². The Morgan fingerprint density at radius 1 is 1.38 bits per heavy atom. The van der Waals surface area contributed by atoms with E-state index in [1.54, 1.807) is 0 Å². The second-order valence-electron chi connectivity index (χ2n) is 4.19. The number of carbonyl (C=O) groups is 1. The molecule has 0 bridgehead atoms. The van der Waals surface area contributed by atoms with E-state index in [-0.39, 0.29) is 0 Å². The molecule has 2 rings (SSSR count). The van der Waals surface area contributed by atoms with E-state index in [4.69, 9.17) is 0 Å². The summed E-state index contributed by atoms with van der Waals surface area (Å²) in [5, 5.41) is 3.25. The van der Waals surface area contributed by atoms with Crippen LogP contribution in [0.1, 0.15) is 25.7 Å². The third kappa shape index (κ3) is 2.02. The highest BCUT2D eigenvalue weighted by Gasteiger charge is 2.34. The third-order valence-electron chi connectivity index (χ3n) is 3.07. The maximum Gasteiger partial charge on any atom is 0.225 e. The van der Waals surface area contributed by atoms with Gasteiger partial charge in [0.2, 0.25) is 5.91 Å². The topological polar surface area (TPSA) is 32.3 Å². The lowest BCUT2D eigenvalue weighted by Crippen LogP contribution is -2.47. The molecule has 0 aromatic carbocycles. The van der Waals surface area contributed by atoms with Crippen molar-refractivity contribution in [3.05, 3.63) is 0 Å². The fraction of sp³-hybridized carbons (Fsp3) is 0.900. The highest BCUT2D eigenvalue weighted by Crippen LogP contribution is 2.31. The Morgan fingerprint density at radius 3 is 2.77 bits per heavy atom. The van der Waals surface area contributed by atoms with Crippen molar-refractivity contribution in [2.75, 3.05) is 20.1 Å². The monoisotopic (exact) mass is 182 g/mol. The van der Waals surface area contributed by atoms with Gasteiger partial charge in [-0.25, -0.2) is 0 Å². The molecule has 1 aliphatic heterocycles. The van der Waals surface area contributed by atoms with Gasteiger partial charge in [-0.2, -0.15) is 0 Å². The molecule has 74 valence electrons. The number of carbonyl (C=O) groups excluding carboxylic acids is 1. The highest BCUT2D eigenvalue weighted by molar-refractivity contribution is 5.81. The summed E-state index contributed by atoms with van der Waals surface area (Å²) in [5.74, 6) is 0.788. The number of rotatable bonds is 2. The van der Waals surface area contributed by atoms with Gasteiger partial charge in [-0.05, 0) is 32.7 Å². The summed E-state index contributed by atoms with van der Waals surface area (Å²) >= 11 is 0. The molecule has 1 N–H and O–H groups in total. The molecule has 1 atom stereocenters. The number of hydrogen-bond donors (Lipinski definition) is 1. The van der Waals surface area contributed by atoms with Crippen molar-refractivity contribution in [2.45, 2.75) is 31.7 Å². The zero-order valence-corrected chi connectivity index (χ0v) is 8.25. The Morgan fingerprint density at radius 2 is 2.15 bits per heavy atom. The van der Waals surface area contributed by atoms with Crippen molar-refractivity contribution in [1.82, 2.24) is 10.2 Å². The smallest absolute Gasteiger partial charge is 0.225 e. The first-order valence-electron chi connectivity index (χ1n) is 5.27. The van der Waals surface area contributed by atoms with Crippen LogP contribution in [0.4, 0.5) is 0 Å². The van der Waals surface area contributed by atoms with Crippen LogP contribution in [-0.2, 0) is 4.79 Å². The summed E-state index contributed by atoms with van der Waals surface area (Å²) in [6, 6.07) is 0.524. The van der Waals surface area contributed by atoms with Gasteiger partial charge in [-0.3, -0.25) is 4.79 Å². The number of piperidine rings is 1. The summed E-state index contributed by atoms with van der Waals surface area (Å²) < 4.78 is 0. The molecule has 3 nitrogen and oxygen atoms in total. The molecule has 1 saturated heterocycles. The molecule has 0 aromatic heterocycles. The molecule has 2 fully saturated rings. The van der Waals surface area contributed by atoms with Crippen LogP contribution in [0.15, 0.2) is 0 Å². The molecule has 1 aliphatic carbocycles. The molecule has 1 saturated carbocycles. The minimum atomic E-state index is 0.385. The lowest BCUT2D eigenvalue weighted by molar-refractivity contribution is -0.133. The van der Waals surface area contributed by atoms with E-state index in [0.717, 1.165) is 32.4 Å². The van der Waals surface area contributed by atoms with Crippen molar-refractivity contribution in [3.8, 4) is 0 Å². The number of nitrogens with one attached hydrogen (secondary N) is 1. The quantitative estimate of drug-likeness (QED) is 0.678. The molecule has 1 amide bonds. The summed E-state index contributed by atoms with van der Waals surface area (Å²) in [4.78, 5) is 13.8. The van der Waals surface area contributed by atoms with E-state index < -0.39 is 0 Å². The normalized spacial score (nSPS) is 29.0. The van der Waals surface area contributed by atoms with Crippen molar-refractivity contribution in [3.63, 3.8) is 0 Å². The van der Waals surface area contributed by atoms with Gasteiger partial charge < -0.3 is 10.2 Å². The molecular formula is C10H18N2O. The predicted molar refractivity (Wildman–Crippen MR) is 51.4 cm³/mol. The first-order valence-corrected chi connectivity index (χ1v) is 5.27. The Balaban J connectivity index is 1.87. The molecule has 1 heterocycles.